The van der Waals surface area contributed by atoms with Gasteiger partial charge in [0.15, 0.2) is 11.7 Å². The summed E-state index contributed by atoms with van der Waals surface area (Å²) >= 11 is 0. The minimum atomic E-state index is -0.999. The standard InChI is InChI=1S/C16H24N6O4/c17-15-11(4-5-14(25)26)10(6-8-20-15)12(23)9-22-13(24)3-1-2-7-21-16(18)19/h6,8H,1-5,7,9H2,(H2,17,20)(H,22,24)(H,25,26)(H4,18,19,21). The van der Waals surface area contributed by atoms with Crippen molar-refractivity contribution in [2.75, 3.05) is 18.8 Å². The first kappa shape index (κ1) is 20.9. The van der Waals surface area contributed by atoms with Crippen molar-refractivity contribution in [3.8, 4) is 0 Å². The molecule has 0 aromatic carbocycles. The molecule has 0 aliphatic heterocycles. The molecule has 0 fully saturated rings. The molecule has 0 atom stereocenters. The summed E-state index contributed by atoms with van der Waals surface area (Å²) < 4.78 is 0. The molecule has 10 nitrogen and oxygen atoms in total. The van der Waals surface area contributed by atoms with Crippen LogP contribution < -0.4 is 22.5 Å². The van der Waals surface area contributed by atoms with Gasteiger partial charge in [0.1, 0.15) is 5.82 Å². The van der Waals surface area contributed by atoms with Crippen molar-refractivity contribution in [3.63, 3.8) is 0 Å². The molecule has 0 saturated heterocycles. The summed E-state index contributed by atoms with van der Waals surface area (Å²) in [5.74, 6) is -1.50. The lowest BCUT2D eigenvalue weighted by molar-refractivity contribution is -0.137. The van der Waals surface area contributed by atoms with E-state index in [1.54, 1.807) is 0 Å². The number of guanidine groups is 1. The summed E-state index contributed by atoms with van der Waals surface area (Å²) in [4.78, 5) is 42.5. The lowest BCUT2D eigenvalue weighted by atomic mass is 10.0. The zero-order valence-corrected chi connectivity index (χ0v) is 14.4. The molecule has 0 saturated carbocycles. The molecular weight excluding hydrogens is 340 g/mol. The third kappa shape index (κ3) is 7.60. The van der Waals surface area contributed by atoms with E-state index >= 15 is 0 Å². The largest absolute Gasteiger partial charge is 0.481 e. The highest BCUT2D eigenvalue weighted by Crippen LogP contribution is 2.17. The van der Waals surface area contributed by atoms with Gasteiger partial charge in [-0.2, -0.15) is 0 Å². The van der Waals surface area contributed by atoms with Crippen LogP contribution >= 0.6 is 0 Å². The first-order valence-corrected chi connectivity index (χ1v) is 8.11. The normalized spacial score (nSPS) is 10.2. The minimum Gasteiger partial charge on any atom is -0.481 e. The molecule has 10 heteroatoms. The van der Waals surface area contributed by atoms with E-state index < -0.39 is 5.97 Å². The number of nitrogens with zero attached hydrogens (tertiary/aromatic N) is 2. The Balaban J connectivity index is 2.52. The summed E-state index contributed by atoms with van der Waals surface area (Å²) in [7, 11) is 0. The Morgan fingerprint density at radius 2 is 1.92 bits per heavy atom. The maximum absolute atomic E-state index is 12.3. The average molecular weight is 364 g/mol. The van der Waals surface area contributed by atoms with Crippen LogP contribution in [0.15, 0.2) is 17.3 Å². The first-order valence-electron chi connectivity index (χ1n) is 8.11. The molecule has 142 valence electrons. The van der Waals surface area contributed by atoms with Gasteiger partial charge in [-0.1, -0.05) is 0 Å². The lowest BCUT2D eigenvalue weighted by Gasteiger charge is -2.10. The van der Waals surface area contributed by atoms with Gasteiger partial charge in [-0.25, -0.2) is 4.98 Å². The molecule has 0 bridgehead atoms. The Morgan fingerprint density at radius 1 is 1.19 bits per heavy atom. The van der Waals surface area contributed by atoms with Crippen LogP contribution in [0.4, 0.5) is 5.82 Å². The van der Waals surface area contributed by atoms with E-state index in [0.717, 1.165) is 0 Å². The number of unbranched alkanes of at least 4 members (excludes halogenated alkanes) is 1. The number of pyridine rings is 1. The van der Waals surface area contributed by atoms with Crippen LogP contribution in [0.25, 0.3) is 0 Å². The zero-order valence-electron chi connectivity index (χ0n) is 14.4. The Labute approximate surface area is 150 Å². The van der Waals surface area contributed by atoms with E-state index in [-0.39, 0.29) is 54.8 Å². The molecule has 8 N–H and O–H groups in total. The Kier molecular flexibility index (Phi) is 8.55. The smallest absolute Gasteiger partial charge is 0.303 e. The number of anilines is 1. The predicted octanol–water partition coefficient (Wildman–Crippen LogP) is -0.576. The molecule has 1 heterocycles. The first-order chi connectivity index (χ1) is 12.3. The maximum atomic E-state index is 12.3. The van der Waals surface area contributed by atoms with E-state index in [1.165, 1.54) is 12.3 Å². The van der Waals surface area contributed by atoms with Gasteiger partial charge in [0.2, 0.25) is 5.91 Å². The third-order valence-corrected chi connectivity index (χ3v) is 3.53. The van der Waals surface area contributed by atoms with E-state index in [1.807, 2.05) is 0 Å². The molecule has 1 aromatic heterocycles. The van der Waals surface area contributed by atoms with E-state index in [0.29, 0.717) is 24.9 Å². The molecule has 0 aliphatic rings. The van der Waals surface area contributed by atoms with Gasteiger partial charge >= 0.3 is 5.97 Å². The van der Waals surface area contributed by atoms with Gasteiger partial charge in [-0.05, 0) is 25.3 Å². The number of rotatable bonds is 11. The number of carbonyl (C=O) groups excluding carboxylic acids is 2. The van der Waals surface area contributed by atoms with Gasteiger partial charge in [0.25, 0.3) is 0 Å². The van der Waals surface area contributed by atoms with Crippen LogP contribution in [0.1, 0.15) is 41.6 Å². The molecule has 26 heavy (non-hydrogen) atoms. The Hall–Kier alpha value is -3.17. The summed E-state index contributed by atoms with van der Waals surface area (Å²) in [6.45, 7) is 0.244. The number of carbonyl (C=O) groups is 3. The number of hydrogen-bond acceptors (Lipinski definition) is 6. The molecular formula is C16H24N6O4. The van der Waals surface area contributed by atoms with Crippen LogP contribution in [0.2, 0.25) is 0 Å². The Bertz CT molecular complexity index is 685. The number of aliphatic imine (C=N–C) groups is 1. The van der Waals surface area contributed by atoms with Crippen LogP contribution in [-0.4, -0.2) is 46.8 Å². The summed E-state index contributed by atoms with van der Waals surface area (Å²) in [5, 5.41) is 11.3. The number of nitrogens with one attached hydrogen (secondary N) is 1. The summed E-state index contributed by atoms with van der Waals surface area (Å²) in [6.07, 6.45) is 2.78. The fourth-order valence-electron chi connectivity index (χ4n) is 2.23. The molecule has 0 unspecified atom stereocenters. The second-order valence-corrected chi connectivity index (χ2v) is 5.58. The number of aliphatic carboxylic acids is 1. The highest BCUT2D eigenvalue weighted by Gasteiger charge is 2.16. The maximum Gasteiger partial charge on any atom is 0.303 e. The molecule has 1 aromatic rings. The van der Waals surface area contributed by atoms with E-state index in [4.69, 9.17) is 22.3 Å². The van der Waals surface area contributed by atoms with Gasteiger partial charge < -0.3 is 27.6 Å². The summed E-state index contributed by atoms with van der Waals surface area (Å²) in [5.41, 5.74) is 16.8. The molecule has 0 aliphatic carbocycles. The number of amides is 1. The van der Waals surface area contributed by atoms with E-state index in [9.17, 15) is 14.4 Å². The highest BCUT2D eigenvalue weighted by atomic mass is 16.4. The molecule has 0 radical (unpaired) electrons. The molecule has 0 spiro atoms. The highest BCUT2D eigenvalue weighted by molar-refractivity contribution is 6.01. The van der Waals surface area contributed by atoms with Crippen molar-refractivity contribution >= 4 is 29.4 Å². The monoisotopic (exact) mass is 364 g/mol. The van der Waals surface area contributed by atoms with Crippen molar-refractivity contribution in [2.24, 2.45) is 16.5 Å². The van der Waals surface area contributed by atoms with Gasteiger partial charge in [-0.15, -0.1) is 0 Å². The van der Waals surface area contributed by atoms with Gasteiger partial charge in [0.05, 0.1) is 6.54 Å². The van der Waals surface area contributed by atoms with Crippen LogP contribution in [-0.2, 0) is 16.0 Å². The zero-order chi connectivity index (χ0) is 19.5. The number of ketones is 1. The molecule has 1 rings (SSSR count). The van der Waals surface area contributed by atoms with Gasteiger partial charge in [0, 0.05) is 36.7 Å². The quantitative estimate of drug-likeness (QED) is 0.149. The number of hydrogen-bond donors (Lipinski definition) is 5. The fourth-order valence-corrected chi connectivity index (χ4v) is 2.23. The van der Waals surface area contributed by atoms with Crippen molar-refractivity contribution < 1.29 is 19.5 Å². The SMILES string of the molecule is NC(N)=NCCCCC(=O)NCC(=O)c1ccnc(N)c1CCC(=O)O. The number of carboxylic acids is 1. The Morgan fingerprint density at radius 3 is 2.58 bits per heavy atom. The fraction of sp³-hybridized carbons (Fsp3) is 0.438. The average Bonchev–Trinajstić information content (AvgIpc) is 2.57. The minimum absolute atomic E-state index is 0.00961. The number of carboxylic acid groups (broad SMARTS) is 1. The van der Waals surface area contributed by atoms with Crippen molar-refractivity contribution in [1.82, 2.24) is 10.3 Å². The lowest BCUT2D eigenvalue weighted by Crippen LogP contribution is -2.30. The second-order valence-electron chi connectivity index (χ2n) is 5.58. The van der Waals surface area contributed by atoms with Crippen molar-refractivity contribution in [3.05, 3.63) is 23.4 Å². The van der Waals surface area contributed by atoms with E-state index in [2.05, 4.69) is 15.3 Å². The number of Topliss-reactive ketones (excluding diaryl/α,β-unsaturated/α-hetero) is 1. The van der Waals surface area contributed by atoms with Crippen molar-refractivity contribution in [2.45, 2.75) is 32.1 Å². The van der Waals surface area contributed by atoms with Crippen LogP contribution in [0.3, 0.4) is 0 Å². The molecule has 1 amide bonds. The predicted molar refractivity (Wildman–Crippen MR) is 96.5 cm³/mol. The number of nitrogen functional groups attached to an aromatic ring is 1. The second kappa shape index (κ2) is 10.6. The van der Waals surface area contributed by atoms with Crippen LogP contribution in [0.5, 0.6) is 0 Å². The number of nitrogens with two attached hydrogens (primary N) is 3. The van der Waals surface area contributed by atoms with Gasteiger partial charge in [-0.3, -0.25) is 19.4 Å². The van der Waals surface area contributed by atoms with Crippen molar-refractivity contribution in [1.29, 1.82) is 0 Å². The topological polar surface area (TPSA) is 187 Å². The summed E-state index contributed by atoms with van der Waals surface area (Å²) in [6, 6.07) is 1.47. The van der Waals surface area contributed by atoms with Crippen LogP contribution in [0, 0.1) is 0 Å². The number of aromatic nitrogens is 1. The third-order valence-electron chi connectivity index (χ3n) is 3.53.